The molecule has 0 saturated carbocycles. The van der Waals surface area contributed by atoms with E-state index in [4.69, 9.17) is 14.2 Å². The average molecular weight is 982 g/mol. The molecule has 400 valence electrons. The first-order valence-corrected chi connectivity index (χ1v) is 28.7. The number of rotatable bonds is 50. The van der Waals surface area contributed by atoms with Crippen LogP contribution < -0.4 is 0 Å². The van der Waals surface area contributed by atoms with Crippen molar-refractivity contribution >= 4 is 17.9 Å². The Morgan fingerprint density at radius 1 is 0.296 bits per heavy atom. The minimum absolute atomic E-state index is 0.116. The summed E-state index contributed by atoms with van der Waals surface area (Å²) in [6.07, 6.45) is 81.6. The predicted octanol–water partition coefficient (Wildman–Crippen LogP) is 19.4. The number of unbranched alkanes of at least 4 members (excludes halogenated alkanes) is 17. The van der Waals surface area contributed by atoms with E-state index in [2.05, 4.69) is 154 Å². The van der Waals surface area contributed by atoms with Crippen molar-refractivity contribution in [3.63, 3.8) is 0 Å². The maximum Gasteiger partial charge on any atom is 0.306 e. The number of hydrogen-bond acceptors (Lipinski definition) is 6. The summed E-state index contributed by atoms with van der Waals surface area (Å²) < 4.78 is 16.8. The highest BCUT2D eigenvalue weighted by atomic mass is 16.6. The van der Waals surface area contributed by atoms with Crippen molar-refractivity contribution < 1.29 is 28.6 Å². The number of ether oxygens (including phenoxy) is 3. The highest BCUT2D eigenvalue weighted by Crippen LogP contribution is 2.13. The van der Waals surface area contributed by atoms with Crippen LogP contribution in [0, 0.1) is 0 Å². The zero-order chi connectivity index (χ0) is 51.4. The third kappa shape index (κ3) is 56.3. The fraction of sp³-hybridized carbons (Fsp3) is 0.615. The standard InChI is InChI=1S/C65H104O6/c1-4-7-10-13-16-19-22-25-28-31-32-35-38-41-44-47-50-53-56-59-65(68)71-62(60-69-63(66)57-54-51-48-45-42-39-36-33-29-26-23-20-17-14-11-8-5-2)61-70-64(67)58-55-52-49-46-43-40-37-34-30-27-24-21-18-15-12-9-6-3/h7-8,10-11,16-17,19-20,25-30,32,35-36,39,41,44-45,48,62H,4-6,9,12-15,18,21-24,31,33-34,37-38,40,42-43,46-47,49-61H2,1-3H3/b10-7-,11-8-,19-16-,20-17-,28-25-,29-26-,30-27-,35-32-,39-36-,44-41-,48-45-/t62-/m1/s1. The van der Waals surface area contributed by atoms with E-state index in [0.717, 1.165) is 109 Å². The van der Waals surface area contributed by atoms with Gasteiger partial charge in [-0.25, -0.2) is 0 Å². The molecule has 0 aromatic carbocycles. The van der Waals surface area contributed by atoms with Gasteiger partial charge in [-0.2, -0.15) is 0 Å². The van der Waals surface area contributed by atoms with Gasteiger partial charge in [-0.3, -0.25) is 14.4 Å². The van der Waals surface area contributed by atoms with Crippen LogP contribution in [-0.2, 0) is 28.6 Å². The monoisotopic (exact) mass is 981 g/mol. The second-order valence-electron chi connectivity index (χ2n) is 18.4. The van der Waals surface area contributed by atoms with Gasteiger partial charge in [0.05, 0.1) is 0 Å². The molecule has 0 saturated heterocycles. The van der Waals surface area contributed by atoms with Crippen molar-refractivity contribution in [2.24, 2.45) is 0 Å². The van der Waals surface area contributed by atoms with Crippen molar-refractivity contribution in [3.8, 4) is 0 Å². The van der Waals surface area contributed by atoms with Crippen LogP contribution in [0.15, 0.2) is 134 Å². The lowest BCUT2D eigenvalue weighted by Gasteiger charge is -2.18. The molecule has 0 unspecified atom stereocenters. The lowest BCUT2D eigenvalue weighted by Crippen LogP contribution is -2.30. The van der Waals surface area contributed by atoms with Gasteiger partial charge >= 0.3 is 17.9 Å². The Morgan fingerprint density at radius 3 is 0.944 bits per heavy atom. The summed E-state index contributed by atoms with van der Waals surface area (Å²) in [4.78, 5) is 38.2. The lowest BCUT2D eigenvalue weighted by atomic mass is 10.1. The van der Waals surface area contributed by atoms with Gasteiger partial charge in [0.25, 0.3) is 0 Å². The number of esters is 3. The van der Waals surface area contributed by atoms with Crippen LogP contribution >= 0.6 is 0 Å². The summed E-state index contributed by atoms with van der Waals surface area (Å²) in [5.41, 5.74) is 0. The van der Waals surface area contributed by atoms with E-state index in [9.17, 15) is 14.4 Å². The van der Waals surface area contributed by atoms with Gasteiger partial charge in [-0.1, -0.05) is 225 Å². The summed E-state index contributed by atoms with van der Waals surface area (Å²) >= 11 is 0. The largest absolute Gasteiger partial charge is 0.462 e. The molecule has 0 spiro atoms. The summed E-state index contributed by atoms with van der Waals surface area (Å²) in [5, 5.41) is 0. The zero-order valence-corrected chi connectivity index (χ0v) is 45.7. The maximum absolute atomic E-state index is 12.9. The van der Waals surface area contributed by atoms with E-state index in [0.29, 0.717) is 19.3 Å². The average Bonchev–Trinajstić information content (AvgIpc) is 3.37. The van der Waals surface area contributed by atoms with Crippen molar-refractivity contribution in [2.45, 2.75) is 245 Å². The van der Waals surface area contributed by atoms with E-state index in [1.165, 1.54) is 77.0 Å². The Morgan fingerprint density at radius 2 is 0.563 bits per heavy atom. The van der Waals surface area contributed by atoms with Crippen molar-refractivity contribution in [1.29, 1.82) is 0 Å². The molecule has 6 nitrogen and oxygen atoms in total. The molecule has 0 N–H and O–H groups in total. The van der Waals surface area contributed by atoms with Crippen LogP contribution in [0.1, 0.15) is 239 Å². The highest BCUT2D eigenvalue weighted by molar-refractivity contribution is 5.71. The molecule has 0 aromatic rings. The third-order valence-electron chi connectivity index (χ3n) is 11.6. The molecule has 6 heteroatoms. The first-order chi connectivity index (χ1) is 35.0. The zero-order valence-electron chi connectivity index (χ0n) is 45.7. The van der Waals surface area contributed by atoms with E-state index in [1.807, 2.05) is 0 Å². The summed E-state index contributed by atoms with van der Waals surface area (Å²) in [6.45, 7) is 6.32. The van der Waals surface area contributed by atoms with Crippen LogP contribution in [0.2, 0.25) is 0 Å². The molecular formula is C65H104O6. The fourth-order valence-electron chi connectivity index (χ4n) is 7.38. The molecule has 0 rings (SSSR count). The second kappa shape index (κ2) is 58.1. The first-order valence-electron chi connectivity index (χ1n) is 28.7. The maximum atomic E-state index is 12.9. The summed E-state index contributed by atoms with van der Waals surface area (Å²) in [7, 11) is 0. The van der Waals surface area contributed by atoms with Gasteiger partial charge in [0.15, 0.2) is 6.10 Å². The molecule has 0 bridgehead atoms. The van der Waals surface area contributed by atoms with E-state index >= 15 is 0 Å². The molecular weight excluding hydrogens is 877 g/mol. The highest BCUT2D eigenvalue weighted by Gasteiger charge is 2.19. The minimum Gasteiger partial charge on any atom is -0.462 e. The molecule has 0 fully saturated rings. The fourth-order valence-corrected chi connectivity index (χ4v) is 7.38. The van der Waals surface area contributed by atoms with Crippen LogP contribution in [-0.4, -0.2) is 37.2 Å². The quantitative estimate of drug-likeness (QED) is 0.0262. The second-order valence-corrected chi connectivity index (χ2v) is 18.4. The van der Waals surface area contributed by atoms with Crippen molar-refractivity contribution in [3.05, 3.63) is 134 Å². The van der Waals surface area contributed by atoms with Gasteiger partial charge in [0.1, 0.15) is 13.2 Å². The van der Waals surface area contributed by atoms with Gasteiger partial charge in [0, 0.05) is 19.3 Å². The third-order valence-corrected chi connectivity index (χ3v) is 11.6. The Bertz CT molecular complexity index is 1550. The van der Waals surface area contributed by atoms with Gasteiger partial charge < -0.3 is 14.2 Å². The van der Waals surface area contributed by atoms with E-state index < -0.39 is 6.10 Å². The van der Waals surface area contributed by atoms with Crippen LogP contribution in [0.5, 0.6) is 0 Å². The summed E-state index contributed by atoms with van der Waals surface area (Å²) in [5.74, 6) is -1.02. The van der Waals surface area contributed by atoms with E-state index in [1.54, 1.807) is 0 Å². The topological polar surface area (TPSA) is 78.9 Å². The molecule has 0 aliphatic rings. The SMILES string of the molecule is CC/C=C\C/C=C\C/C=C\C/C=C\C/C=C\CCCCCC(=O)O[C@H](COC(=O)CCC/C=C\C/C=C\C/C=C\C/C=C\C/C=C\CC)COC(=O)CCCCCCCCC/C=C\CCCCCCCC. The minimum atomic E-state index is -0.826. The first kappa shape index (κ1) is 66.6. The molecule has 0 heterocycles. The van der Waals surface area contributed by atoms with Crippen molar-refractivity contribution in [2.75, 3.05) is 13.2 Å². The number of carbonyl (C=O) groups is 3. The Kier molecular flexibility index (Phi) is 54.5. The van der Waals surface area contributed by atoms with Gasteiger partial charge in [-0.05, 0) is 128 Å². The molecule has 0 aliphatic heterocycles. The van der Waals surface area contributed by atoms with Crippen LogP contribution in [0.4, 0.5) is 0 Å². The predicted molar refractivity (Wildman–Crippen MR) is 306 cm³/mol. The Hall–Kier alpha value is -4.45. The normalized spacial score (nSPS) is 13.1. The van der Waals surface area contributed by atoms with Gasteiger partial charge in [-0.15, -0.1) is 0 Å². The van der Waals surface area contributed by atoms with Gasteiger partial charge in [0.2, 0.25) is 0 Å². The Balaban J connectivity index is 4.57. The lowest BCUT2D eigenvalue weighted by molar-refractivity contribution is -0.167. The van der Waals surface area contributed by atoms with Crippen LogP contribution in [0.3, 0.4) is 0 Å². The van der Waals surface area contributed by atoms with E-state index in [-0.39, 0.29) is 44.0 Å². The Labute approximate surface area is 436 Å². The molecule has 71 heavy (non-hydrogen) atoms. The van der Waals surface area contributed by atoms with Crippen LogP contribution in [0.25, 0.3) is 0 Å². The number of allylic oxidation sites excluding steroid dienone is 22. The molecule has 0 aliphatic carbocycles. The summed E-state index contributed by atoms with van der Waals surface area (Å²) in [6, 6.07) is 0. The number of carbonyl (C=O) groups excluding carboxylic acids is 3. The molecule has 0 aromatic heterocycles. The molecule has 1 atom stereocenters. The number of hydrogen-bond donors (Lipinski definition) is 0. The smallest absolute Gasteiger partial charge is 0.306 e. The molecule has 0 radical (unpaired) electrons. The molecule has 0 amide bonds. The van der Waals surface area contributed by atoms with Crippen molar-refractivity contribution in [1.82, 2.24) is 0 Å².